The van der Waals surface area contributed by atoms with Crippen LogP contribution in [0.3, 0.4) is 0 Å². The molecule has 0 saturated carbocycles. The van der Waals surface area contributed by atoms with Crippen molar-refractivity contribution in [1.82, 2.24) is 0 Å². The Morgan fingerprint density at radius 3 is 2.78 bits per heavy atom. The van der Waals surface area contributed by atoms with Crippen molar-refractivity contribution >= 4 is 58.2 Å². The molecule has 2 amide bonds. The number of hydrogen-bond acceptors (Lipinski definition) is 3. The Balaban J connectivity index is 1.69. The number of hydrogen-bond donors (Lipinski definition) is 2. The standard InChI is InChI=1S/C16H12Cl2N2O2S/c17-11-3-1-9(5-12(11)18)6-15(21)19-10-2-4-14-13(7-10)20-16(22)8-23-14/h1-5,7H,6,8H2,(H,19,21)(H,20,22). The Bertz CT molecular complexity index is 796. The lowest BCUT2D eigenvalue weighted by atomic mass is 10.1. The van der Waals surface area contributed by atoms with Gasteiger partial charge in [-0.3, -0.25) is 9.59 Å². The minimum absolute atomic E-state index is 0.0400. The molecule has 4 nitrogen and oxygen atoms in total. The summed E-state index contributed by atoms with van der Waals surface area (Å²) >= 11 is 13.3. The number of halogens is 2. The number of carbonyl (C=O) groups is 2. The maximum absolute atomic E-state index is 12.1. The van der Waals surface area contributed by atoms with E-state index in [-0.39, 0.29) is 18.2 Å². The quantitative estimate of drug-likeness (QED) is 0.854. The molecule has 1 heterocycles. The zero-order chi connectivity index (χ0) is 16.4. The third kappa shape index (κ3) is 3.99. The fourth-order valence-electron chi connectivity index (χ4n) is 2.20. The smallest absolute Gasteiger partial charge is 0.234 e. The summed E-state index contributed by atoms with van der Waals surface area (Å²) < 4.78 is 0. The second kappa shape index (κ2) is 6.83. The van der Waals surface area contributed by atoms with Crippen molar-refractivity contribution in [2.75, 3.05) is 16.4 Å². The molecular weight excluding hydrogens is 355 g/mol. The first kappa shape index (κ1) is 16.2. The van der Waals surface area contributed by atoms with Gasteiger partial charge in [-0.15, -0.1) is 11.8 Å². The molecule has 23 heavy (non-hydrogen) atoms. The average molecular weight is 367 g/mol. The lowest BCUT2D eigenvalue weighted by Gasteiger charge is -2.17. The molecule has 0 aliphatic carbocycles. The van der Waals surface area contributed by atoms with E-state index in [0.29, 0.717) is 21.5 Å². The first-order valence-corrected chi connectivity index (χ1v) is 8.56. The van der Waals surface area contributed by atoms with Gasteiger partial charge in [-0.05, 0) is 35.9 Å². The van der Waals surface area contributed by atoms with Gasteiger partial charge in [-0.1, -0.05) is 29.3 Å². The van der Waals surface area contributed by atoms with E-state index in [2.05, 4.69) is 10.6 Å². The molecule has 0 saturated heterocycles. The first-order valence-electron chi connectivity index (χ1n) is 6.82. The third-order valence-corrected chi connectivity index (χ3v) is 5.06. The van der Waals surface area contributed by atoms with Crippen molar-refractivity contribution in [3.8, 4) is 0 Å². The number of anilines is 2. The van der Waals surface area contributed by atoms with Crippen LogP contribution in [0.1, 0.15) is 5.56 Å². The van der Waals surface area contributed by atoms with Crippen LogP contribution >= 0.6 is 35.0 Å². The fourth-order valence-corrected chi connectivity index (χ4v) is 3.31. The number of nitrogens with one attached hydrogen (secondary N) is 2. The topological polar surface area (TPSA) is 58.2 Å². The van der Waals surface area contributed by atoms with E-state index in [4.69, 9.17) is 23.2 Å². The Hall–Kier alpha value is -1.69. The summed E-state index contributed by atoms with van der Waals surface area (Å²) in [5.74, 6) is 0.204. The minimum atomic E-state index is -0.168. The lowest BCUT2D eigenvalue weighted by Crippen LogP contribution is -2.19. The molecule has 7 heteroatoms. The first-order chi connectivity index (χ1) is 11.0. The van der Waals surface area contributed by atoms with E-state index in [1.165, 1.54) is 11.8 Å². The van der Waals surface area contributed by atoms with Gasteiger partial charge in [0.1, 0.15) is 0 Å². The van der Waals surface area contributed by atoms with Crippen molar-refractivity contribution in [1.29, 1.82) is 0 Å². The molecule has 0 aromatic heterocycles. The van der Waals surface area contributed by atoms with Gasteiger partial charge in [0.25, 0.3) is 0 Å². The summed E-state index contributed by atoms with van der Waals surface area (Å²) in [6.07, 6.45) is 0.190. The van der Waals surface area contributed by atoms with Crippen LogP contribution in [-0.4, -0.2) is 17.6 Å². The highest BCUT2D eigenvalue weighted by molar-refractivity contribution is 8.00. The monoisotopic (exact) mass is 366 g/mol. The molecule has 2 aromatic carbocycles. The van der Waals surface area contributed by atoms with Crippen LogP contribution in [0.25, 0.3) is 0 Å². The second-order valence-corrected chi connectivity index (χ2v) is 6.85. The molecule has 0 bridgehead atoms. The van der Waals surface area contributed by atoms with Gasteiger partial charge in [-0.25, -0.2) is 0 Å². The lowest BCUT2D eigenvalue weighted by molar-refractivity contribution is -0.115. The van der Waals surface area contributed by atoms with Crippen LogP contribution < -0.4 is 10.6 Å². The molecule has 1 aliphatic rings. The van der Waals surface area contributed by atoms with Gasteiger partial charge in [0, 0.05) is 10.6 Å². The number of rotatable bonds is 3. The largest absolute Gasteiger partial charge is 0.326 e. The number of benzene rings is 2. The maximum atomic E-state index is 12.1. The molecule has 118 valence electrons. The Kier molecular flexibility index (Phi) is 4.80. The second-order valence-electron chi connectivity index (χ2n) is 5.02. The van der Waals surface area contributed by atoms with Crippen LogP contribution in [0.2, 0.25) is 10.0 Å². The molecular formula is C16H12Cl2N2O2S. The van der Waals surface area contributed by atoms with E-state index in [0.717, 1.165) is 16.1 Å². The van der Waals surface area contributed by atoms with Gasteiger partial charge in [0.2, 0.25) is 11.8 Å². The maximum Gasteiger partial charge on any atom is 0.234 e. The fraction of sp³-hybridized carbons (Fsp3) is 0.125. The normalized spacial score (nSPS) is 13.2. The highest BCUT2D eigenvalue weighted by Crippen LogP contribution is 2.33. The average Bonchev–Trinajstić information content (AvgIpc) is 2.50. The molecule has 2 N–H and O–H groups in total. The third-order valence-electron chi connectivity index (χ3n) is 3.24. The van der Waals surface area contributed by atoms with Gasteiger partial charge in [-0.2, -0.15) is 0 Å². The number of amides is 2. The Morgan fingerprint density at radius 1 is 1.17 bits per heavy atom. The summed E-state index contributed by atoms with van der Waals surface area (Å²) in [4.78, 5) is 24.5. The van der Waals surface area contributed by atoms with Crippen molar-refractivity contribution in [2.45, 2.75) is 11.3 Å². The van der Waals surface area contributed by atoms with Crippen LogP contribution in [-0.2, 0) is 16.0 Å². The van der Waals surface area contributed by atoms with E-state index < -0.39 is 0 Å². The summed E-state index contributed by atoms with van der Waals surface area (Å²) in [5, 5.41) is 6.49. The zero-order valence-corrected chi connectivity index (χ0v) is 14.2. The van der Waals surface area contributed by atoms with E-state index >= 15 is 0 Å². The molecule has 1 aliphatic heterocycles. The summed E-state index contributed by atoms with van der Waals surface area (Å²) in [7, 11) is 0. The highest BCUT2D eigenvalue weighted by Gasteiger charge is 2.16. The molecule has 0 atom stereocenters. The van der Waals surface area contributed by atoms with Crippen LogP contribution in [0.4, 0.5) is 11.4 Å². The van der Waals surface area contributed by atoms with Crippen molar-refractivity contribution in [3.63, 3.8) is 0 Å². The van der Waals surface area contributed by atoms with Crippen LogP contribution in [0.5, 0.6) is 0 Å². The Labute approximate surface area is 147 Å². The van der Waals surface area contributed by atoms with Crippen molar-refractivity contribution in [3.05, 3.63) is 52.0 Å². The highest BCUT2D eigenvalue weighted by atomic mass is 35.5. The molecule has 0 radical (unpaired) electrons. The predicted octanol–water partition coefficient (Wildman–Crippen LogP) is 4.22. The minimum Gasteiger partial charge on any atom is -0.326 e. The summed E-state index contributed by atoms with van der Waals surface area (Å²) in [6, 6.07) is 10.6. The van der Waals surface area contributed by atoms with Crippen molar-refractivity contribution in [2.24, 2.45) is 0 Å². The Morgan fingerprint density at radius 2 is 2.00 bits per heavy atom. The van der Waals surface area contributed by atoms with E-state index in [9.17, 15) is 9.59 Å². The molecule has 0 fully saturated rings. The predicted molar refractivity (Wildman–Crippen MR) is 94.6 cm³/mol. The molecule has 2 aromatic rings. The summed E-state index contributed by atoms with van der Waals surface area (Å²) in [6.45, 7) is 0. The van der Waals surface area contributed by atoms with Gasteiger partial charge < -0.3 is 10.6 Å². The van der Waals surface area contributed by atoms with E-state index in [1.54, 1.807) is 24.3 Å². The number of carbonyl (C=O) groups excluding carboxylic acids is 2. The SMILES string of the molecule is O=C(Cc1ccc(Cl)c(Cl)c1)Nc1ccc2c(c1)NC(=O)CS2. The van der Waals surface area contributed by atoms with Crippen LogP contribution in [0.15, 0.2) is 41.3 Å². The van der Waals surface area contributed by atoms with E-state index in [1.807, 2.05) is 12.1 Å². The van der Waals surface area contributed by atoms with Crippen LogP contribution in [0, 0.1) is 0 Å². The van der Waals surface area contributed by atoms with Gasteiger partial charge in [0.15, 0.2) is 0 Å². The summed E-state index contributed by atoms with van der Waals surface area (Å²) in [5.41, 5.74) is 2.13. The van der Waals surface area contributed by atoms with Gasteiger partial charge >= 0.3 is 0 Å². The number of fused-ring (bicyclic) bond motifs is 1. The van der Waals surface area contributed by atoms with Crippen molar-refractivity contribution < 1.29 is 9.59 Å². The molecule has 0 unspecified atom stereocenters. The molecule has 3 rings (SSSR count). The zero-order valence-electron chi connectivity index (χ0n) is 11.9. The number of thioether (sulfide) groups is 1. The molecule has 0 spiro atoms. The van der Waals surface area contributed by atoms with Gasteiger partial charge in [0.05, 0.1) is 27.9 Å².